The van der Waals surface area contributed by atoms with Crippen LogP contribution in [0.1, 0.15) is 22.7 Å². The first kappa shape index (κ1) is 11.8. The van der Waals surface area contributed by atoms with E-state index in [1.807, 2.05) is 13.1 Å². The number of aryl methyl sites for hydroxylation is 1. The summed E-state index contributed by atoms with van der Waals surface area (Å²) in [5, 5.41) is 3.21. The molecule has 0 aliphatic rings. The van der Waals surface area contributed by atoms with E-state index < -0.39 is 0 Å². The van der Waals surface area contributed by atoms with Crippen molar-refractivity contribution in [2.24, 2.45) is 0 Å². The Balaban J connectivity index is 2.36. The molecule has 17 heavy (non-hydrogen) atoms. The van der Waals surface area contributed by atoms with Gasteiger partial charge in [0.05, 0.1) is 6.04 Å². The minimum Gasteiger partial charge on any atom is -0.309 e. The van der Waals surface area contributed by atoms with Gasteiger partial charge in [-0.15, -0.1) is 0 Å². The molecule has 1 atom stereocenters. The highest BCUT2D eigenvalue weighted by atomic mass is 19.1. The van der Waals surface area contributed by atoms with Crippen LogP contribution in [0.4, 0.5) is 4.39 Å². The van der Waals surface area contributed by atoms with Gasteiger partial charge in [0.2, 0.25) is 0 Å². The predicted molar refractivity (Wildman–Crippen MR) is 68.5 cm³/mol. The van der Waals surface area contributed by atoms with Crippen LogP contribution in [0.2, 0.25) is 0 Å². The number of halogens is 1. The minimum atomic E-state index is -0.199. The fourth-order valence-corrected chi connectivity index (χ4v) is 1.97. The van der Waals surface area contributed by atoms with Gasteiger partial charge in [0, 0.05) is 0 Å². The van der Waals surface area contributed by atoms with Crippen molar-refractivity contribution in [3.8, 4) is 0 Å². The van der Waals surface area contributed by atoms with Crippen LogP contribution in [0, 0.1) is 12.7 Å². The van der Waals surface area contributed by atoms with Gasteiger partial charge in [-0.3, -0.25) is 0 Å². The van der Waals surface area contributed by atoms with E-state index in [2.05, 4.69) is 36.5 Å². The fraction of sp³-hybridized carbons (Fsp3) is 0.200. The maximum Gasteiger partial charge on any atom is 0.123 e. The van der Waals surface area contributed by atoms with Crippen LogP contribution in [0.15, 0.2) is 48.5 Å². The fourth-order valence-electron chi connectivity index (χ4n) is 1.97. The first-order valence-electron chi connectivity index (χ1n) is 5.70. The van der Waals surface area contributed by atoms with Crippen molar-refractivity contribution in [2.75, 3.05) is 7.05 Å². The molecule has 2 rings (SSSR count). The topological polar surface area (TPSA) is 12.0 Å². The van der Waals surface area contributed by atoms with E-state index in [0.717, 1.165) is 11.1 Å². The van der Waals surface area contributed by atoms with Crippen LogP contribution in [0.3, 0.4) is 0 Å². The van der Waals surface area contributed by atoms with E-state index in [1.165, 1.54) is 11.6 Å². The molecule has 0 saturated carbocycles. The largest absolute Gasteiger partial charge is 0.309 e. The minimum absolute atomic E-state index is 0.0336. The van der Waals surface area contributed by atoms with Gasteiger partial charge in [0.1, 0.15) is 5.82 Å². The molecule has 0 fully saturated rings. The normalized spacial score (nSPS) is 12.4. The Morgan fingerprint density at radius 3 is 2.29 bits per heavy atom. The summed E-state index contributed by atoms with van der Waals surface area (Å²) in [6.07, 6.45) is 0. The summed E-state index contributed by atoms with van der Waals surface area (Å²) in [4.78, 5) is 0. The summed E-state index contributed by atoms with van der Waals surface area (Å²) < 4.78 is 13.2. The number of benzene rings is 2. The maximum atomic E-state index is 13.2. The van der Waals surface area contributed by atoms with Gasteiger partial charge < -0.3 is 5.32 Å². The van der Waals surface area contributed by atoms with Crippen molar-refractivity contribution in [3.05, 3.63) is 71.0 Å². The molecule has 1 N–H and O–H groups in total. The summed E-state index contributed by atoms with van der Waals surface area (Å²) in [6, 6.07) is 15.0. The zero-order chi connectivity index (χ0) is 12.3. The molecule has 0 heterocycles. The molecular weight excluding hydrogens is 213 g/mol. The smallest absolute Gasteiger partial charge is 0.123 e. The van der Waals surface area contributed by atoms with Crippen LogP contribution in [0.25, 0.3) is 0 Å². The van der Waals surface area contributed by atoms with Gasteiger partial charge in [0.15, 0.2) is 0 Å². The first-order valence-corrected chi connectivity index (χ1v) is 5.70. The summed E-state index contributed by atoms with van der Waals surface area (Å²) in [5.74, 6) is -0.199. The van der Waals surface area contributed by atoms with E-state index >= 15 is 0 Å². The first-order chi connectivity index (χ1) is 8.20. The van der Waals surface area contributed by atoms with Crippen molar-refractivity contribution < 1.29 is 4.39 Å². The molecule has 1 unspecified atom stereocenters. The second-order valence-electron chi connectivity index (χ2n) is 4.19. The molecule has 2 aromatic carbocycles. The zero-order valence-corrected chi connectivity index (χ0v) is 10.1. The standard InChI is InChI=1S/C15H16FN/c1-11-6-8-12(9-7-11)15(17-2)13-4-3-5-14(16)10-13/h3-10,15,17H,1-2H3. The van der Waals surface area contributed by atoms with Gasteiger partial charge in [-0.05, 0) is 37.2 Å². The Bertz CT molecular complexity index is 491. The van der Waals surface area contributed by atoms with Crippen molar-refractivity contribution >= 4 is 0 Å². The second kappa shape index (κ2) is 5.11. The lowest BCUT2D eigenvalue weighted by atomic mass is 9.98. The molecule has 0 saturated heterocycles. The average Bonchev–Trinajstić information content (AvgIpc) is 2.33. The van der Waals surface area contributed by atoms with Crippen LogP contribution < -0.4 is 5.32 Å². The Kier molecular flexibility index (Phi) is 3.55. The lowest BCUT2D eigenvalue weighted by Gasteiger charge is -2.17. The van der Waals surface area contributed by atoms with Gasteiger partial charge in [-0.2, -0.15) is 0 Å². The van der Waals surface area contributed by atoms with Crippen molar-refractivity contribution in [3.63, 3.8) is 0 Å². The Hall–Kier alpha value is -1.67. The molecule has 1 nitrogen and oxygen atoms in total. The van der Waals surface area contributed by atoms with Gasteiger partial charge in [0.25, 0.3) is 0 Å². The Labute approximate surface area is 101 Å². The number of nitrogens with one attached hydrogen (secondary N) is 1. The van der Waals surface area contributed by atoms with E-state index in [-0.39, 0.29) is 11.9 Å². The molecule has 0 aliphatic heterocycles. The average molecular weight is 229 g/mol. The molecule has 0 bridgehead atoms. The Morgan fingerprint density at radius 2 is 1.71 bits per heavy atom. The second-order valence-corrected chi connectivity index (χ2v) is 4.19. The molecular formula is C15H16FN. The highest BCUT2D eigenvalue weighted by molar-refractivity contribution is 5.33. The SMILES string of the molecule is CNC(c1ccc(C)cc1)c1cccc(F)c1. The zero-order valence-electron chi connectivity index (χ0n) is 10.1. The molecule has 2 heteroatoms. The van der Waals surface area contributed by atoms with Gasteiger partial charge >= 0.3 is 0 Å². The molecule has 0 aliphatic carbocycles. The summed E-state index contributed by atoms with van der Waals surface area (Å²) in [5.41, 5.74) is 3.31. The highest BCUT2D eigenvalue weighted by Gasteiger charge is 2.11. The van der Waals surface area contributed by atoms with Crippen LogP contribution in [0.5, 0.6) is 0 Å². The third-order valence-electron chi connectivity index (χ3n) is 2.88. The maximum absolute atomic E-state index is 13.2. The summed E-state index contributed by atoms with van der Waals surface area (Å²) in [7, 11) is 1.88. The van der Waals surface area contributed by atoms with Gasteiger partial charge in [-0.1, -0.05) is 42.0 Å². The number of hydrogen-bond donors (Lipinski definition) is 1. The van der Waals surface area contributed by atoms with E-state index in [4.69, 9.17) is 0 Å². The highest BCUT2D eigenvalue weighted by Crippen LogP contribution is 2.22. The summed E-state index contributed by atoms with van der Waals surface area (Å²) in [6.45, 7) is 2.06. The van der Waals surface area contributed by atoms with Crippen LogP contribution >= 0.6 is 0 Å². The third kappa shape index (κ3) is 2.71. The molecule has 0 amide bonds. The molecule has 88 valence electrons. The lowest BCUT2D eigenvalue weighted by molar-refractivity contribution is 0.617. The quantitative estimate of drug-likeness (QED) is 0.850. The Morgan fingerprint density at radius 1 is 1.00 bits per heavy atom. The van der Waals surface area contributed by atoms with E-state index in [0.29, 0.717) is 0 Å². The molecule has 0 aromatic heterocycles. The van der Waals surface area contributed by atoms with Crippen LogP contribution in [-0.2, 0) is 0 Å². The van der Waals surface area contributed by atoms with Crippen molar-refractivity contribution in [1.82, 2.24) is 5.32 Å². The lowest BCUT2D eigenvalue weighted by Crippen LogP contribution is -2.17. The third-order valence-corrected chi connectivity index (χ3v) is 2.88. The molecule has 0 radical (unpaired) electrons. The monoisotopic (exact) mass is 229 g/mol. The molecule has 0 spiro atoms. The predicted octanol–water partition coefficient (Wildman–Crippen LogP) is 3.44. The molecule has 2 aromatic rings. The van der Waals surface area contributed by atoms with Crippen molar-refractivity contribution in [2.45, 2.75) is 13.0 Å². The van der Waals surface area contributed by atoms with Crippen LogP contribution in [-0.4, -0.2) is 7.05 Å². The number of hydrogen-bond acceptors (Lipinski definition) is 1. The van der Waals surface area contributed by atoms with E-state index in [1.54, 1.807) is 12.1 Å². The van der Waals surface area contributed by atoms with E-state index in [9.17, 15) is 4.39 Å². The number of rotatable bonds is 3. The van der Waals surface area contributed by atoms with Crippen molar-refractivity contribution in [1.29, 1.82) is 0 Å². The van der Waals surface area contributed by atoms with Gasteiger partial charge in [-0.25, -0.2) is 4.39 Å². The summed E-state index contributed by atoms with van der Waals surface area (Å²) >= 11 is 0.